The number of rotatable bonds is 6. The Kier molecular flexibility index (Phi) is 4.47. The van der Waals surface area contributed by atoms with Gasteiger partial charge in [0.2, 0.25) is 5.91 Å². The second-order valence-corrected chi connectivity index (χ2v) is 7.19. The third kappa shape index (κ3) is 3.48. The van der Waals surface area contributed by atoms with Gasteiger partial charge < -0.3 is 11.1 Å². The van der Waals surface area contributed by atoms with Gasteiger partial charge in [-0.05, 0) is 48.9 Å². The summed E-state index contributed by atoms with van der Waals surface area (Å²) >= 11 is 0. The van der Waals surface area contributed by atoms with Gasteiger partial charge in [-0.15, -0.1) is 0 Å². The van der Waals surface area contributed by atoms with Crippen molar-refractivity contribution in [2.24, 2.45) is 5.73 Å². The average Bonchev–Trinajstić information content (AvgIpc) is 3.38. The standard InChI is InChI=1S/C21H23N3O2/c22-21(26)18-7-3-4-8-19(18)23-20(25)13-24(16-9-10-16)17-11-14-5-1-2-6-15(14)12-17/h1-8,16-17H,9-13H2,(H2,22,26)(H,23,25). The van der Waals surface area contributed by atoms with E-state index in [2.05, 4.69) is 34.5 Å². The maximum Gasteiger partial charge on any atom is 0.250 e. The molecule has 2 aliphatic rings. The number of primary amides is 1. The number of carbonyl (C=O) groups is 2. The Morgan fingerprint density at radius 3 is 2.19 bits per heavy atom. The van der Waals surface area contributed by atoms with Crippen molar-refractivity contribution in [1.29, 1.82) is 0 Å². The van der Waals surface area contributed by atoms with E-state index in [4.69, 9.17) is 5.73 Å². The zero-order chi connectivity index (χ0) is 18.1. The van der Waals surface area contributed by atoms with Gasteiger partial charge in [-0.1, -0.05) is 36.4 Å². The monoisotopic (exact) mass is 349 g/mol. The van der Waals surface area contributed by atoms with Gasteiger partial charge in [-0.25, -0.2) is 0 Å². The van der Waals surface area contributed by atoms with Crippen LogP contribution in [0.25, 0.3) is 0 Å². The zero-order valence-electron chi connectivity index (χ0n) is 14.7. The number of carbonyl (C=O) groups excluding carboxylic acids is 2. The highest BCUT2D eigenvalue weighted by Gasteiger charge is 2.37. The molecular weight excluding hydrogens is 326 g/mol. The van der Waals surface area contributed by atoms with Gasteiger partial charge in [0.15, 0.2) is 0 Å². The third-order valence-corrected chi connectivity index (χ3v) is 5.31. The quantitative estimate of drug-likeness (QED) is 0.841. The van der Waals surface area contributed by atoms with Crippen LogP contribution in [-0.2, 0) is 17.6 Å². The number of nitrogens with two attached hydrogens (primary N) is 1. The Hall–Kier alpha value is -2.66. The van der Waals surface area contributed by atoms with Crippen molar-refractivity contribution in [1.82, 2.24) is 4.90 Å². The second-order valence-electron chi connectivity index (χ2n) is 7.19. The summed E-state index contributed by atoms with van der Waals surface area (Å²) in [7, 11) is 0. The molecule has 0 spiro atoms. The molecule has 2 aromatic carbocycles. The largest absolute Gasteiger partial charge is 0.366 e. The first-order chi connectivity index (χ1) is 12.6. The van der Waals surface area contributed by atoms with Crippen molar-refractivity contribution in [3.05, 3.63) is 65.2 Å². The average molecular weight is 349 g/mol. The molecule has 1 fully saturated rings. The summed E-state index contributed by atoms with van der Waals surface area (Å²) in [6.45, 7) is 0.344. The first kappa shape index (κ1) is 16.8. The zero-order valence-corrected chi connectivity index (χ0v) is 14.7. The molecule has 5 nitrogen and oxygen atoms in total. The van der Waals surface area contributed by atoms with Crippen LogP contribution in [0.5, 0.6) is 0 Å². The molecule has 134 valence electrons. The van der Waals surface area contributed by atoms with E-state index in [9.17, 15) is 9.59 Å². The lowest BCUT2D eigenvalue weighted by Crippen LogP contribution is -2.43. The number of hydrogen-bond donors (Lipinski definition) is 2. The topological polar surface area (TPSA) is 75.4 Å². The Labute approximate surface area is 153 Å². The molecule has 0 unspecified atom stereocenters. The number of hydrogen-bond acceptors (Lipinski definition) is 3. The number of benzene rings is 2. The summed E-state index contributed by atoms with van der Waals surface area (Å²) in [5, 5.41) is 2.87. The van der Waals surface area contributed by atoms with Crippen molar-refractivity contribution in [2.75, 3.05) is 11.9 Å². The van der Waals surface area contributed by atoms with Crippen LogP contribution in [0.15, 0.2) is 48.5 Å². The van der Waals surface area contributed by atoms with Crippen LogP contribution in [0.1, 0.15) is 34.3 Å². The lowest BCUT2D eigenvalue weighted by Gasteiger charge is -2.28. The van der Waals surface area contributed by atoms with Crippen LogP contribution in [0.2, 0.25) is 0 Å². The molecule has 0 saturated heterocycles. The van der Waals surface area contributed by atoms with Crippen LogP contribution in [0.3, 0.4) is 0 Å². The lowest BCUT2D eigenvalue weighted by molar-refractivity contribution is -0.118. The maximum absolute atomic E-state index is 12.7. The van der Waals surface area contributed by atoms with Crippen molar-refractivity contribution in [2.45, 2.75) is 37.8 Å². The summed E-state index contributed by atoms with van der Waals surface area (Å²) in [6, 6.07) is 16.3. The predicted molar refractivity (Wildman–Crippen MR) is 101 cm³/mol. The van der Waals surface area contributed by atoms with Crippen LogP contribution in [-0.4, -0.2) is 35.3 Å². The van der Waals surface area contributed by atoms with E-state index in [0.29, 0.717) is 29.9 Å². The molecule has 2 amide bonds. The normalized spacial score (nSPS) is 16.5. The van der Waals surface area contributed by atoms with E-state index in [0.717, 1.165) is 25.7 Å². The molecule has 0 heterocycles. The molecule has 0 aliphatic heterocycles. The SMILES string of the molecule is NC(=O)c1ccccc1NC(=O)CN(C1CC1)C1Cc2ccccc2C1. The predicted octanol–water partition coefficient (Wildman–Crippen LogP) is 2.36. The van der Waals surface area contributed by atoms with Crippen LogP contribution < -0.4 is 11.1 Å². The van der Waals surface area contributed by atoms with E-state index >= 15 is 0 Å². The molecule has 0 radical (unpaired) electrons. The smallest absolute Gasteiger partial charge is 0.250 e. The van der Waals surface area contributed by atoms with Gasteiger partial charge >= 0.3 is 0 Å². The summed E-state index contributed by atoms with van der Waals surface area (Å²) in [5.41, 5.74) is 9.00. The second kappa shape index (κ2) is 6.92. The molecule has 26 heavy (non-hydrogen) atoms. The van der Waals surface area contributed by atoms with Crippen molar-refractivity contribution >= 4 is 17.5 Å². The van der Waals surface area contributed by atoms with E-state index < -0.39 is 5.91 Å². The van der Waals surface area contributed by atoms with E-state index in [-0.39, 0.29) is 5.91 Å². The Morgan fingerprint density at radius 2 is 1.58 bits per heavy atom. The molecule has 3 N–H and O–H groups in total. The minimum Gasteiger partial charge on any atom is -0.366 e. The van der Waals surface area contributed by atoms with Gasteiger partial charge in [0.1, 0.15) is 0 Å². The Balaban J connectivity index is 1.45. The fourth-order valence-electron chi connectivity index (χ4n) is 3.90. The lowest BCUT2D eigenvalue weighted by atomic mass is 10.1. The summed E-state index contributed by atoms with van der Waals surface area (Å²) in [6.07, 6.45) is 4.30. The molecule has 2 aliphatic carbocycles. The minimum atomic E-state index is -0.536. The van der Waals surface area contributed by atoms with E-state index in [1.54, 1.807) is 24.3 Å². The van der Waals surface area contributed by atoms with E-state index in [1.165, 1.54) is 11.1 Å². The molecule has 2 aromatic rings. The van der Waals surface area contributed by atoms with Crippen molar-refractivity contribution in [3.8, 4) is 0 Å². The summed E-state index contributed by atoms with van der Waals surface area (Å²) in [4.78, 5) is 26.5. The van der Waals surface area contributed by atoms with Gasteiger partial charge in [0.25, 0.3) is 5.91 Å². The van der Waals surface area contributed by atoms with Crippen LogP contribution in [0.4, 0.5) is 5.69 Å². The molecule has 5 heteroatoms. The molecule has 0 bridgehead atoms. The number of nitrogens with zero attached hydrogens (tertiary/aromatic N) is 1. The molecular formula is C21H23N3O2. The van der Waals surface area contributed by atoms with Crippen molar-refractivity contribution in [3.63, 3.8) is 0 Å². The molecule has 4 rings (SSSR count). The number of para-hydroxylation sites is 1. The highest BCUT2D eigenvalue weighted by molar-refractivity contribution is 6.03. The fraction of sp³-hybridized carbons (Fsp3) is 0.333. The summed E-state index contributed by atoms with van der Waals surface area (Å²) in [5.74, 6) is -0.632. The van der Waals surface area contributed by atoms with Gasteiger partial charge in [-0.3, -0.25) is 14.5 Å². The fourth-order valence-corrected chi connectivity index (χ4v) is 3.90. The van der Waals surface area contributed by atoms with Crippen molar-refractivity contribution < 1.29 is 9.59 Å². The van der Waals surface area contributed by atoms with Crippen LogP contribution in [0, 0.1) is 0 Å². The Morgan fingerprint density at radius 1 is 0.962 bits per heavy atom. The van der Waals surface area contributed by atoms with Gasteiger partial charge in [-0.2, -0.15) is 0 Å². The highest BCUT2D eigenvalue weighted by Crippen LogP contribution is 2.34. The molecule has 0 aromatic heterocycles. The first-order valence-electron chi connectivity index (χ1n) is 9.13. The third-order valence-electron chi connectivity index (χ3n) is 5.31. The van der Waals surface area contributed by atoms with Gasteiger partial charge in [0, 0.05) is 12.1 Å². The minimum absolute atomic E-state index is 0.0958. The van der Waals surface area contributed by atoms with E-state index in [1.807, 2.05) is 0 Å². The highest BCUT2D eigenvalue weighted by atomic mass is 16.2. The first-order valence-corrected chi connectivity index (χ1v) is 9.13. The summed E-state index contributed by atoms with van der Waals surface area (Å²) < 4.78 is 0. The molecule has 1 saturated carbocycles. The van der Waals surface area contributed by atoms with Crippen LogP contribution >= 0.6 is 0 Å². The number of anilines is 1. The maximum atomic E-state index is 12.7. The number of fused-ring (bicyclic) bond motifs is 1. The number of amides is 2. The Bertz CT molecular complexity index is 820. The van der Waals surface area contributed by atoms with Gasteiger partial charge in [0.05, 0.1) is 17.8 Å². The number of nitrogens with one attached hydrogen (secondary N) is 1. The molecule has 0 atom stereocenters.